The Morgan fingerprint density at radius 3 is 2.29 bits per heavy atom. The van der Waals surface area contributed by atoms with E-state index in [9.17, 15) is 0 Å². The van der Waals surface area contributed by atoms with Crippen molar-refractivity contribution >= 4 is 23.2 Å². The predicted octanol–water partition coefficient (Wildman–Crippen LogP) is 3.24. The third-order valence-electron chi connectivity index (χ3n) is 1.70. The van der Waals surface area contributed by atoms with Crippen LogP contribution < -0.4 is 0 Å². The maximum absolute atomic E-state index is 5.93. The van der Waals surface area contributed by atoms with Crippen LogP contribution in [0.25, 0.3) is 0 Å². The second-order valence-electron chi connectivity index (χ2n) is 2.69. The lowest BCUT2D eigenvalue weighted by Gasteiger charge is -2.06. The molecule has 1 aromatic heterocycles. The third-order valence-corrected chi connectivity index (χ3v) is 2.18. The van der Waals surface area contributed by atoms with E-state index in [1.165, 1.54) is 0 Å². The molecular weight excluding hydrogens is 219 g/mol. The van der Waals surface area contributed by atoms with Gasteiger partial charge in [-0.2, -0.15) is 0 Å². The molecule has 0 N–H and O–H groups in total. The molecule has 4 heteroatoms. The summed E-state index contributed by atoms with van der Waals surface area (Å²) in [6, 6.07) is 0. The Hall–Kier alpha value is -0.860. The molecule has 0 saturated carbocycles. The van der Waals surface area contributed by atoms with Crippen molar-refractivity contribution in [3.05, 3.63) is 47.0 Å². The zero-order valence-corrected chi connectivity index (χ0v) is 9.15. The van der Waals surface area contributed by atoms with Crippen molar-refractivity contribution in [3.8, 4) is 0 Å². The molecule has 0 aliphatic heterocycles. The van der Waals surface area contributed by atoms with Crippen LogP contribution in [0.3, 0.4) is 0 Å². The zero-order chi connectivity index (χ0) is 10.6. The van der Waals surface area contributed by atoms with Crippen molar-refractivity contribution in [2.75, 3.05) is 0 Å². The van der Waals surface area contributed by atoms with E-state index >= 15 is 0 Å². The van der Waals surface area contributed by atoms with Gasteiger partial charge in [0.15, 0.2) is 0 Å². The van der Waals surface area contributed by atoms with E-state index in [4.69, 9.17) is 23.2 Å². The lowest BCUT2D eigenvalue weighted by molar-refractivity contribution is 0.991. The second-order valence-corrected chi connectivity index (χ2v) is 3.39. The average Bonchev–Trinajstić information content (AvgIpc) is 2.11. The van der Waals surface area contributed by atoms with Gasteiger partial charge in [-0.3, -0.25) is 0 Å². The Morgan fingerprint density at radius 1 is 1.07 bits per heavy atom. The molecule has 0 aliphatic rings. The highest BCUT2D eigenvalue weighted by Crippen LogP contribution is 2.20. The molecule has 0 spiro atoms. The lowest BCUT2D eigenvalue weighted by Crippen LogP contribution is -2.00. The Balaban J connectivity index is 3.20. The van der Waals surface area contributed by atoms with Crippen LogP contribution in [0.2, 0.25) is 10.4 Å². The molecule has 0 radical (unpaired) electrons. The minimum atomic E-state index is 0.166. The maximum Gasteiger partial charge on any atom is 0.224 e. The van der Waals surface area contributed by atoms with E-state index in [1.807, 2.05) is 0 Å². The summed E-state index contributed by atoms with van der Waals surface area (Å²) in [5, 5.41) is 0.557. The Bertz CT molecular complexity index is 361. The molecule has 0 saturated heterocycles. The number of aromatic nitrogens is 2. The molecule has 0 unspecified atom stereocenters. The number of halogens is 2. The minimum Gasteiger partial charge on any atom is -0.222 e. The molecule has 74 valence electrons. The molecule has 1 heterocycles. The summed E-state index contributed by atoms with van der Waals surface area (Å²) < 4.78 is 0. The minimum absolute atomic E-state index is 0.166. The summed E-state index contributed by atoms with van der Waals surface area (Å²) >= 11 is 11.6. The summed E-state index contributed by atoms with van der Waals surface area (Å²) in [5.41, 5.74) is 1.68. The van der Waals surface area contributed by atoms with Gasteiger partial charge in [0.05, 0.1) is 5.69 Å². The van der Waals surface area contributed by atoms with Gasteiger partial charge in [-0.15, -0.1) is 13.2 Å². The van der Waals surface area contributed by atoms with Crippen molar-refractivity contribution in [2.45, 2.75) is 12.8 Å². The smallest absolute Gasteiger partial charge is 0.222 e. The quantitative estimate of drug-likeness (QED) is 0.450. The lowest BCUT2D eigenvalue weighted by atomic mass is 10.1. The first kappa shape index (κ1) is 11.2. The summed E-state index contributed by atoms with van der Waals surface area (Å²) in [6.07, 6.45) is 4.77. The first-order chi connectivity index (χ1) is 6.69. The van der Waals surface area contributed by atoms with E-state index in [0.717, 1.165) is 11.3 Å². The molecule has 0 aliphatic carbocycles. The number of allylic oxidation sites excluding steroid dienone is 2. The van der Waals surface area contributed by atoms with Crippen LogP contribution in [-0.2, 0) is 12.8 Å². The van der Waals surface area contributed by atoms with Crippen molar-refractivity contribution in [2.24, 2.45) is 0 Å². The molecule has 0 atom stereocenters. The maximum atomic E-state index is 5.93. The van der Waals surface area contributed by atoms with Gasteiger partial charge in [0, 0.05) is 12.0 Å². The van der Waals surface area contributed by atoms with Gasteiger partial charge in [-0.1, -0.05) is 23.8 Å². The molecule has 0 aromatic carbocycles. The first-order valence-electron chi connectivity index (χ1n) is 4.11. The van der Waals surface area contributed by atoms with E-state index in [0.29, 0.717) is 18.0 Å². The monoisotopic (exact) mass is 228 g/mol. The highest BCUT2D eigenvalue weighted by molar-refractivity contribution is 6.32. The second kappa shape index (κ2) is 5.13. The van der Waals surface area contributed by atoms with Gasteiger partial charge in [-0.25, -0.2) is 9.97 Å². The number of nitrogens with zero attached hydrogens (tertiary/aromatic N) is 2. The summed E-state index contributed by atoms with van der Waals surface area (Å²) in [4.78, 5) is 7.97. The SMILES string of the molecule is C=CCc1nc(Cl)nc(Cl)c1CC=C. The van der Waals surface area contributed by atoms with Crippen LogP contribution in [0, 0.1) is 0 Å². The van der Waals surface area contributed by atoms with Gasteiger partial charge >= 0.3 is 0 Å². The molecular formula is C10H10Cl2N2. The highest BCUT2D eigenvalue weighted by Gasteiger charge is 2.09. The van der Waals surface area contributed by atoms with Gasteiger partial charge < -0.3 is 0 Å². The van der Waals surface area contributed by atoms with Crippen LogP contribution in [-0.4, -0.2) is 9.97 Å². The van der Waals surface area contributed by atoms with Crippen molar-refractivity contribution in [1.29, 1.82) is 0 Å². The number of hydrogen-bond donors (Lipinski definition) is 0. The fourth-order valence-electron chi connectivity index (χ4n) is 1.12. The summed E-state index contributed by atoms with van der Waals surface area (Å²) in [6.45, 7) is 7.29. The Morgan fingerprint density at radius 2 is 1.71 bits per heavy atom. The first-order valence-corrected chi connectivity index (χ1v) is 4.87. The van der Waals surface area contributed by atoms with Gasteiger partial charge in [0.2, 0.25) is 5.28 Å². The molecule has 1 rings (SSSR count). The van der Waals surface area contributed by atoms with Crippen LogP contribution in [0.1, 0.15) is 11.3 Å². The summed E-state index contributed by atoms with van der Waals surface area (Å²) in [5.74, 6) is 0. The fourth-order valence-corrected chi connectivity index (χ4v) is 1.62. The van der Waals surface area contributed by atoms with E-state index in [2.05, 4.69) is 23.1 Å². The third kappa shape index (κ3) is 2.56. The largest absolute Gasteiger partial charge is 0.224 e. The topological polar surface area (TPSA) is 25.8 Å². The Kier molecular flexibility index (Phi) is 4.11. The molecule has 0 amide bonds. The van der Waals surface area contributed by atoms with Crippen LogP contribution in [0.5, 0.6) is 0 Å². The standard InChI is InChI=1S/C10H10Cl2N2/c1-3-5-7-8(6-4-2)13-10(12)14-9(7)11/h3-4H,1-2,5-6H2. The molecule has 2 nitrogen and oxygen atoms in total. The van der Waals surface area contributed by atoms with E-state index in [-0.39, 0.29) is 5.28 Å². The van der Waals surface area contributed by atoms with E-state index < -0.39 is 0 Å². The van der Waals surface area contributed by atoms with Crippen LogP contribution >= 0.6 is 23.2 Å². The van der Waals surface area contributed by atoms with Crippen molar-refractivity contribution < 1.29 is 0 Å². The molecule has 14 heavy (non-hydrogen) atoms. The number of hydrogen-bond acceptors (Lipinski definition) is 2. The van der Waals surface area contributed by atoms with Gasteiger partial charge in [0.1, 0.15) is 5.15 Å². The average molecular weight is 229 g/mol. The molecule has 1 aromatic rings. The van der Waals surface area contributed by atoms with Crippen LogP contribution in [0.4, 0.5) is 0 Å². The molecule has 0 bridgehead atoms. The number of rotatable bonds is 4. The predicted molar refractivity (Wildman–Crippen MR) is 59.9 cm³/mol. The van der Waals surface area contributed by atoms with Gasteiger partial charge in [0.25, 0.3) is 0 Å². The van der Waals surface area contributed by atoms with Crippen molar-refractivity contribution in [1.82, 2.24) is 9.97 Å². The highest BCUT2D eigenvalue weighted by atomic mass is 35.5. The van der Waals surface area contributed by atoms with Crippen molar-refractivity contribution in [3.63, 3.8) is 0 Å². The summed E-state index contributed by atoms with van der Waals surface area (Å²) in [7, 11) is 0. The van der Waals surface area contributed by atoms with E-state index in [1.54, 1.807) is 12.2 Å². The zero-order valence-electron chi connectivity index (χ0n) is 7.63. The van der Waals surface area contributed by atoms with Gasteiger partial charge in [-0.05, 0) is 18.0 Å². The molecule has 0 fully saturated rings. The van der Waals surface area contributed by atoms with Crippen LogP contribution in [0.15, 0.2) is 25.3 Å². The Labute approximate surface area is 93.3 Å². The fraction of sp³-hybridized carbons (Fsp3) is 0.200. The normalized spacial score (nSPS) is 9.86.